The lowest BCUT2D eigenvalue weighted by molar-refractivity contribution is -0.140. The highest BCUT2D eigenvalue weighted by atomic mass is 35.5. The van der Waals surface area contributed by atoms with Gasteiger partial charge in [0.2, 0.25) is 11.8 Å². The van der Waals surface area contributed by atoms with E-state index in [1.807, 2.05) is 6.92 Å². The van der Waals surface area contributed by atoms with Gasteiger partial charge in [-0.1, -0.05) is 84.5 Å². The molecule has 0 fully saturated rings. The smallest absolute Gasteiger partial charge is 0.264 e. The molecule has 7 nitrogen and oxygen atoms in total. The largest absolute Gasteiger partial charge is 0.354 e. The summed E-state index contributed by atoms with van der Waals surface area (Å²) in [5, 5.41) is 3.81. The lowest BCUT2D eigenvalue weighted by Crippen LogP contribution is -2.52. The Balaban J connectivity index is 2.09. The van der Waals surface area contributed by atoms with Crippen molar-refractivity contribution in [1.82, 2.24) is 10.2 Å². The molecule has 0 aliphatic carbocycles. The van der Waals surface area contributed by atoms with Crippen LogP contribution in [0.5, 0.6) is 0 Å². The Hall–Kier alpha value is -2.49. The van der Waals surface area contributed by atoms with E-state index >= 15 is 0 Å². The zero-order valence-electron chi connectivity index (χ0n) is 21.9. The molecule has 3 aromatic carbocycles. The molecule has 1 atom stereocenters. The topological polar surface area (TPSA) is 86.8 Å². The van der Waals surface area contributed by atoms with Crippen LogP contribution in [0.1, 0.15) is 32.3 Å². The van der Waals surface area contributed by atoms with Gasteiger partial charge in [-0.05, 0) is 60.9 Å². The maximum absolute atomic E-state index is 14.0. The monoisotopic (exact) mass is 643 g/mol. The summed E-state index contributed by atoms with van der Waals surface area (Å²) in [6, 6.07) is 16.0. The zero-order valence-corrected chi connectivity index (χ0v) is 25.8. The molecule has 2 amide bonds. The van der Waals surface area contributed by atoms with Gasteiger partial charge in [-0.25, -0.2) is 8.42 Å². The van der Waals surface area contributed by atoms with E-state index in [1.54, 1.807) is 43.3 Å². The molecule has 0 spiro atoms. The van der Waals surface area contributed by atoms with Gasteiger partial charge in [0.05, 0.1) is 25.7 Å². The standard InChI is InChI=1S/C28H29Cl4N3O4S/c1-3-14-33-28(37)25(4-2)34(17-19-10-12-22(30)23(31)15-19)27(36)18-35(26-13-11-20(29)16-24(26)32)40(38,39)21-8-6-5-7-9-21/h5-13,15-16,25H,3-4,14,17-18H2,1-2H3,(H,33,37)/t25-/m1/s1. The Kier molecular flexibility index (Phi) is 11.5. The second-order valence-electron chi connectivity index (χ2n) is 8.91. The minimum atomic E-state index is -4.25. The molecule has 0 saturated heterocycles. The fourth-order valence-electron chi connectivity index (χ4n) is 4.04. The van der Waals surface area contributed by atoms with Gasteiger partial charge in [0.1, 0.15) is 12.6 Å². The zero-order chi connectivity index (χ0) is 29.4. The van der Waals surface area contributed by atoms with E-state index < -0.39 is 28.5 Å². The van der Waals surface area contributed by atoms with Gasteiger partial charge in [-0.2, -0.15) is 0 Å². The van der Waals surface area contributed by atoms with Gasteiger partial charge in [-0.3, -0.25) is 13.9 Å². The van der Waals surface area contributed by atoms with Crippen molar-refractivity contribution in [2.75, 3.05) is 17.4 Å². The van der Waals surface area contributed by atoms with Gasteiger partial charge >= 0.3 is 0 Å². The molecule has 0 aromatic heterocycles. The van der Waals surface area contributed by atoms with E-state index in [9.17, 15) is 18.0 Å². The fraction of sp³-hybridized carbons (Fsp3) is 0.286. The minimum absolute atomic E-state index is 0.0126. The lowest BCUT2D eigenvalue weighted by atomic mass is 10.1. The first-order valence-electron chi connectivity index (χ1n) is 12.5. The summed E-state index contributed by atoms with van der Waals surface area (Å²) in [6.07, 6.45) is 0.997. The second-order valence-corrected chi connectivity index (χ2v) is 12.4. The first-order valence-corrected chi connectivity index (χ1v) is 15.5. The van der Waals surface area contributed by atoms with Crippen LogP contribution in [0.25, 0.3) is 0 Å². The number of carbonyl (C=O) groups excluding carboxylic acids is 2. The Labute approximate surface area is 255 Å². The molecule has 0 heterocycles. The molecule has 1 N–H and O–H groups in total. The maximum atomic E-state index is 14.0. The molecule has 0 saturated carbocycles. The third-order valence-electron chi connectivity index (χ3n) is 6.06. The number of nitrogens with one attached hydrogen (secondary N) is 1. The number of anilines is 1. The molecule has 0 bridgehead atoms. The van der Waals surface area contributed by atoms with E-state index in [0.29, 0.717) is 28.6 Å². The van der Waals surface area contributed by atoms with Gasteiger partial charge < -0.3 is 10.2 Å². The van der Waals surface area contributed by atoms with Crippen LogP contribution in [0, 0.1) is 0 Å². The fourth-order valence-corrected chi connectivity index (χ4v) is 6.37. The van der Waals surface area contributed by atoms with Crippen molar-refractivity contribution in [3.8, 4) is 0 Å². The van der Waals surface area contributed by atoms with E-state index in [4.69, 9.17) is 46.4 Å². The van der Waals surface area contributed by atoms with Gasteiger partial charge in [0, 0.05) is 18.1 Å². The Morgan fingerprint density at radius 3 is 2.17 bits per heavy atom. The van der Waals surface area contributed by atoms with Crippen LogP contribution in [0.4, 0.5) is 5.69 Å². The average Bonchev–Trinajstić information content (AvgIpc) is 2.93. The molecule has 3 aromatic rings. The number of amides is 2. The summed E-state index contributed by atoms with van der Waals surface area (Å²) >= 11 is 24.8. The average molecular weight is 645 g/mol. The first-order chi connectivity index (χ1) is 19.0. The third kappa shape index (κ3) is 7.83. The van der Waals surface area contributed by atoms with Crippen molar-refractivity contribution in [2.45, 2.75) is 44.2 Å². The number of carbonyl (C=O) groups is 2. The molecule has 214 valence electrons. The van der Waals surface area contributed by atoms with Crippen LogP contribution in [0.2, 0.25) is 20.1 Å². The molecular weight excluding hydrogens is 616 g/mol. The highest BCUT2D eigenvalue weighted by Gasteiger charge is 2.34. The SMILES string of the molecule is CCCNC(=O)[C@@H](CC)N(Cc1ccc(Cl)c(Cl)c1)C(=O)CN(c1ccc(Cl)cc1Cl)S(=O)(=O)c1ccccc1. The third-order valence-corrected chi connectivity index (χ3v) is 9.11. The molecule has 0 radical (unpaired) electrons. The Bertz CT molecular complexity index is 1460. The van der Waals surface area contributed by atoms with Gasteiger partial charge in [0.15, 0.2) is 0 Å². The van der Waals surface area contributed by atoms with Crippen molar-refractivity contribution >= 4 is 73.9 Å². The molecule has 12 heteroatoms. The quantitative estimate of drug-likeness (QED) is 0.234. The highest BCUT2D eigenvalue weighted by Crippen LogP contribution is 2.33. The number of rotatable bonds is 12. The Morgan fingerprint density at radius 1 is 0.875 bits per heavy atom. The summed E-state index contributed by atoms with van der Waals surface area (Å²) in [6.45, 7) is 3.49. The van der Waals surface area contributed by atoms with Crippen LogP contribution >= 0.6 is 46.4 Å². The van der Waals surface area contributed by atoms with Crippen LogP contribution in [-0.2, 0) is 26.2 Å². The molecule has 0 aliphatic rings. The van der Waals surface area contributed by atoms with Crippen LogP contribution < -0.4 is 9.62 Å². The number of hydrogen-bond donors (Lipinski definition) is 1. The van der Waals surface area contributed by atoms with Crippen LogP contribution in [0.15, 0.2) is 71.6 Å². The van der Waals surface area contributed by atoms with Crippen LogP contribution in [0.3, 0.4) is 0 Å². The van der Waals surface area contributed by atoms with E-state index in [2.05, 4.69) is 5.32 Å². The lowest BCUT2D eigenvalue weighted by Gasteiger charge is -2.33. The van der Waals surface area contributed by atoms with Crippen molar-refractivity contribution in [2.24, 2.45) is 0 Å². The maximum Gasteiger partial charge on any atom is 0.264 e. The van der Waals surface area contributed by atoms with Crippen molar-refractivity contribution in [3.05, 3.63) is 92.4 Å². The van der Waals surface area contributed by atoms with Gasteiger partial charge in [0.25, 0.3) is 10.0 Å². The summed E-state index contributed by atoms with van der Waals surface area (Å²) in [4.78, 5) is 28.5. The molecule has 3 rings (SSSR count). The minimum Gasteiger partial charge on any atom is -0.354 e. The summed E-state index contributed by atoms with van der Waals surface area (Å²) in [5.74, 6) is -0.963. The normalized spacial score (nSPS) is 12.1. The second kappa shape index (κ2) is 14.4. The van der Waals surface area contributed by atoms with E-state index in [-0.39, 0.29) is 39.5 Å². The molecule has 0 unspecified atom stereocenters. The van der Waals surface area contributed by atoms with E-state index in [1.165, 1.54) is 35.2 Å². The van der Waals surface area contributed by atoms with Crippen LogP contribution in [-0.4, -0.2) is 44.3 Å². The Morgan fingerprint density at radius 2 is 1.57 bits per heavy atom. The predicted molar refractivity (Wildman–Crippen MR) is 162 cm³/mol. The number of sulfonamides is 1. The summed E-state index contributed by atoms with van der Waals surface area (Å²) in [5.41, 5.74) is 0.688. The number of nitrogens with zero attached hydrogens (tertiary/aromatic N) is 2. The highest BCUT2D eigenvalue weighted by molar-refractivity contribution is 7.92. The first kappa shape index (κ1) is 32.0. The van der Waals surface area contributed by atoms with Gasteiger partial charge in [-0.15, -0.1) is 0 Å². The van der Waals surface area contributed by atoms with Crippen molar-refractivity contribution < 1.29 is 18.0 Å². The number of hydrogen-bond acceptors (Lipinski definition) is 4. The molecule has 0 aliphatic heterocycles. The summed E-state index contributed by atoms with van der Waals surface area (Å²) < 4.78 is 28.6. The summed E-state index contributed by atoms with van der Waals surface area (Å²) in [7, 11) is -4.25. The number of halogens is 4. The van der Waals surface area contributed by atoms with E-state index in [0.717, 1.165) is 4.31 Å². The molecule has 40 heavy (non-hydrogen) atoms. The predicted octanol–water partition coefficient (Wildman–Crippen LogP) is 6.83. The van der Waals surface area contributed by atoms with Crippen molar-refractivity contribution in [3.63, 3.8) is 0 Å². The van der Waals surface area contributed by atoms with Crippen molar-refractivity contribution in [1.29, 1.82) is 0 Å². The molecular formula is C28H29Cl4N3O4S. The number of benzene rings is 3.